The molecule has 0 N–H and O–H groups in total. The molecule has 0 spiro atoms. The van der Waals surface area contributed by atoms with Crippen LogP contribution in [0.15, 0.2) is 34.9 Å². The van der Waals surface area contributed by atoms with Gasteiger partial charge in [0, 0.05) is 26.2 Å². The highest BCUT2D eigenvalue weighted by molar-refractivity contribution is 5.96. The summed E-state index contributed by atoms with van der Waals surface area (Å²) in [6.45, 7) is 2.76. The Morgan fingerprint density at radius 2 is 2.23 bits per heavy atom. The molecule has 1 saturated heterocycles. The number of rotatable bonds is 5. The van der Waals surface area contributed by atoms with Crippen molar-refractivity contribution in [1.82, 2.24) is 14.8 Å². The average Bonchev–Trinajstić information content (AvgIpc) is 3.10. The molecule has 0 radical (unpaired) electrons. The molecule has 2 amide bonds. The Kier molecular flexibility index (Phi) is 5.20. The van der Waals surface area contributed by atoms with E-state index >= 15 is 0 Å². The quantitative estimate of drug-likeness (QED) is 0.815. The van der Waals surface area contributed by atoms with Crippen molar-refractivity contribution < 1.29 is 23.1 Å². The Labute approximate surface area is 150 Å². The standard InChI is InChI=1S/C18H20FN3O4/c1-3-15-18(24)21(2)7-8-22(15)17(23)14-10-26-16(20-14)11-25-13-6-4-5-12(19)9-13/h4-6,9-10,15H,3,7-8,11H2,1-2H3. The Hall–Kier alpha value is -2.90. The number of amides is 2. The zero-order chi connectivity index (χ0) is 18.7. The molecule has 1 aromatic carbocycles. The molecule has 1 aromatic heterocycles. The smallest absolute Gasteiger partial charge is 0.276 e. The van der Waals surface area contributed by atoms with Gasteiger partial charge in [-0.25, -0.2) is 9.37 Å². The van der Waals surface area contributed by atoms with Crippen molar-refractivity contribution in [1.29, 1.82) is 0 Å². The van der Waals surface area contributed by atoms with Crippen LogP contribution >= 0.6 is 0 Å². The first-order valence-corrected chi connectivity index (χ1v) is 8.38. The van der Waals surface area contributed by atoms with Crippen molar-refractivity contribution in [2.24, 2.45) is 0 Å². The molecule has 1 aliphatic rings. The minimum Gasteiger partial charge on any atom is -0.484 e. The Morgan fingerprint density at radius 1 is 1.42 bits per heavy atom. The molecule has 2 aromatic rings. The number of nitrogens with zero attached hydrogens (tertiary/aromatic N) is 3. The number of oxazole rings is 1. The molecule has 3 rings (SSSR count). The normalized spacial score (nSPS) is 17.5. The molecular formula is C18H20FN3O4. The number of carbonyl (C=O) groups is 2. The number of likely N-dealkylation sites (N-methyl/N-ethyl adjacent to an activating group) is 1. The van der Waals surface area contributed by atoms with Crippen molar-refractivity contribution in [3.05, 3.63) is 47.9 Å². The summed E-state index contributed by atoms with van der Waals surface area (Å²) in [4.78, 5) is 32.2. The molecule has 8 heteroatoms. The fourth-order valence-corrected chi connectivity index (χ4v) is 2.87. The number of carbonyl (C=O) groups excluding carboxylic acids is 2. The SMILES string of the molecule is CCC1C(=O)N(C)CCN1C(=O)c1coc(COc2cccc(F)c2)n1. The van der Waals surface area contributed by atoms with Crippen LogP contribution in [0.3, 0.4) is 0 Å². The van der Waals surface area contributed by atoms with Crippen molar-refractivity contribution >= 4 is 11.8 Å². The third-order valence-electron chi connectivity index (χ3n) is 4.29. The van der Waals surface area contributed by atoms with Gasteiger partial charge in [-0.1, -0.05) is 13.0 Å². The lowest BCUT2D eigenvalue weighted by atomic mass is 10.1. The number of hydrogen-bond donors (Lipinski definition) is 0. The van der Waals surface area contributed by atoms with Crippen LogP contribution in [-0.2, 0) is 11.4 Å². The van der Waals surface area contributed by atoms with E-state index in [1.807, 2.05) is 6.92 Å². The summed E-state index contributed by atoms with van der Waals surface area (Å²) in [7, 11) is 1.73. The summed E-state index contributed by atoms with van der Waals surface area (Å²) in [5.74, 6) is -0.293. The van der Waals surface area contributed by atoms with Gasteiger partial charge in [0.2, 0.25) is 11.8 Å². The highest BCUT2D eigenvalue weighted by atomic mass is 19.1. The number of hydrogen-bond acceptors (Lipinski definition) is 5. The highest BCUT2D eigenvalue weighted by Crippen LogP contribution is 2.18. The minimum atomic E-state index is -0.495. The predicted molar refractivity (Wildman–Crippen MR) is 90.0 cm³/mol. The zero-order valence-electron chi connectivity index (χ0n) is 14.6. The summed E-state index contributed by atoms with van der Waals surface area (Å²) in [5, 5.41) is 0. The second-order valence-electron chi connectivity index (χ2n) is 6.05. The lowest BCUT2D eigenvalue weighted by Gasteiger charge is -2.38. The van der Waals surface area contributed by atoms with Crippen molar-refractivity contribution in [2.45, 2.75) is 26.0 Å². The second kappa shape index (κ2) is 7.55. The third kappa shape index (κ3) is 3.68. The van der Waals surface area contributed by atoms with E-state index < -0.39 is 11.9 Å². The van der Waals surface area contributed by atoms with Crippen LogP contribution in [0.5, 0.6) is 5.75 Å². The predicted octanol–water partition coefficient (Wildman–Crippen LogP) is 2.09. The van der Waals surface area contributed by atoms with E-state index in [0.29, 0.717) is 25.3 Å². The van der Waals surface area contributed by atoms with Crippen LogP contribution in [0, 0.1) is 5.82 Å². The summed E-state index contributed by atoms with van der Waals surface area (Å²) in [6, 6.07) is 5.21. The summed E-state index contributed by atoms with van der Waals surface area (Å²) in [5.41, 5.74) is 0.124. The topological polar surface area (TPSA) is 75.9 Å². The fraction of sp³-hybridized carbons (Fsp3) is 0.389. The second-order valence-corrected chi connectivity index (χ2v) is 6.05. The monoisotopic (exact) mass is 361 g/mol. The van der Waals surface area contributed by atoms with E-state index in [-0.39, 0.29) is 30.0 Å². The maximum absolute atomic E-state index is 13.1. The lowest BCUT2D eigenvalue weighted by molar-refractivity contribution is -0.138. The van der Waals surface area contributed by atoms with E-state index in [9.17, 15) is 14.0 Å². The minimum absolute atomic E-state index is 0.0321. The van der Waals surface area contributed by atoms with Crippen molar-refractivity contribution in [3.8, 4) is 5.75 Å². The van der Waals surface area contributed by atoms with Crippen molar-refractivity contribution in [2.75, 3.05) is 20.1 Å². The van der Waals surface area contributed by atoms with E-state index in [2.05, 4.69) is 4.98 Å². The summed E-state index contributed by atoms with van der Waals surface area (Å²) in [6.07, 6.45) is 1.78. The van der Waals surface area contributed by atoms with Gasteiger partial charge < -0.3 is 19.0 Å². The number of piperazine rings is 1. The third-order valence-corrected chi connectivity index (χ3v) is 4.29. The fourth-order valence-electron chi connectivity index (χ4n) is 2.87. The van der Waals surface area contributed by atoms with Gasteiger partial charge in [-0.2, -0.15) is 0 Å². The Bertz CT molecular complexity index is 807. The first-order chi connectivity index (χ1) is 12.5. The Morgan fingerprint density at radius 3 is 2.96 bits per heavy atom. The largest absolute Gasteiger partial charge is 0.484 e. The lowest BCUT2D eigenvalue weighted by Crippen LogP contribution is -2.57. The van der Waals surface area contributed by atoms with Gasteiger partial charge in [-0.15, -0.1) is 0 Å². The van der Waals surface area contributed by atoms with Crippen LogP contribution < -0.4 is 4.74 Å². The van der Waals surface area contributed by atoms with Crippen LogP contribution in [-0.4, -0.2) is 52.8 Å². The van der Waals surface area contributed by atoms with E-state index in [0.717, 1.165) is 0 Å². The van der Waals surface area contributed by atoms with Crippen LogP contribution in [0.2, 0.25) is 0 Å². The number of benzene rings is 1. The van der Waals surface area contributed by atoms with Crippen LogP contribution in [0.1, 0.15) is 29.7 Å². The molecule has 7 nitrogen and oxygen atoms in total. The molecule has 26 heavy (non-hydrogen) atoms. The Balaban J connectivity index is 1.67. The van der Waals surface area contributed by atoms with Gasteiger partial charge in [-0.3, -0.25) is 9.59 Å². The van der Waals surface area contributed by atoms with E-state index in [4.69, 9.17) is 9.15 Å². The molecule has 0 bridgehead atoms. The number of halogens is 1. The summed E-state index contributed by atoms with van der Waals surface area (Å²) >= 11 is 0. The van der Waals surface area contributed by atoms with Gasteiger partial charge in [0.25, 0.3) is 5.91 Å². The highest BCUT2D eigenvalue weighted by Gasteiger charge is 2.36. The molecule has 0 aliphatic carbocycles. The van der Waals surface area contributed by atoms with Crippen LogP contribution in [0.25, 0.3) is 0 Å². The van der Waals surface area contributed by atoms with Gasteiger partial charge in [0.15, 0.2) is 12.3 Å². The molecular weight excluding hydrogens is 341 g/mol. The molecule has 1 aliphatic heterocycles. The average molecular weight is 361 g/mol. The molecule has 1 fully saturated rings. The molecule has 2 heterocycles. The van der Waals surface area contributed by atoms with Gasteiger partial charge in [0.05, 0.1) is 0 Å². The zero-order valence-corrected chi connectivity index (χ0v) is 14.6. The van der Waals surface area contributed by atoms with E-state index in [1.165, 1.54) is 29.4 Å². The number of ether oxygens (including phenoxy) is 1. The maximum Gasteiger partial charge on any atom is 0.276 e. The van der Waals surface area contributed by atoms with Gasteiger partial charge in [0.1, 0.15) is 23.9 Å². The summed E-state index contributed by atoms with van der Waals surface area (Å²) < 4.78 is 23.8. The first-order valence-electron chi connectivity index (χ1n) is 8.38. The molecule has 0 saturated carbocycles. The van der Waals surface area contributed by atoms with Crippen molar-refractivity contribution in [3.63, 3.8) is 0 Å². The molecule has 1 atom stereocenters. The first kappa shape index (κ1) is 17.9. The van der Waals surface area contributed by atoms with Gasteiger partial charge >= 0.3 is 0 Å². The van der Waals surface area contributed by atoms with E-state index in [1.54, 1.807) is 18.0 Å². The molecule has 138 valence electrons. The number of aromatic nitrogens is 1. The van der Waals surface area contributed by atoms with Crippen LogP contribution in [0.4, 0.5) is 4.39 Å². The molecule has 1 unspecified atom stereocenters. The maximum atomic E-state index is 13.1. The van der Waals surface area contributed by atoms with Gasteiger partial charge in [-0.05, 0) is 18.6 Å².